The Morgan fingerprint density at radius 2 is 0.520 bits per heavy atom. The molecule has 0 aliphatic heterocycles. The van der Waals surface area contributed by atoms with Crippen LogP contribution in [0.2, 0.25) is 0 Å². The Balaban J connectivity index is 4.32. The molecule has 0 aromatic rings. The van der Waals surface area contributed by atoms with E-state index in [1.54, 1.807) is 0 Å². The van der Waals surface area contributed by atoms with Crippen molar-refractivity contribution >= 4 is 17.9 Å². The molecule has 6 heteroatoms. The maximum absolute atomic E-state index is 12.9. The summed E-state index contributed by atoms with van der Waals surface area (Å²) < 4.78 is 16.9. The third-order valence-electron chi connectivity index (χ3n) is 13.6. The first-order chi connectivity index (χ1) is 37.0. The predicted molar refractivity (Wildman–Crippen MR) is 325 cm³/mol. The minimum Gasteiger partial charge on any atom is -0.462 e. The normalized spacial score (nSPS) is 12.7. The van der Waals surface area contributed by atoms with Gasteiger partial charge < -0.3 is 14.2 Å². The van der Waals surface area contributed by atoms with Crippen molar-refractivity contribution in [1.29, 1.82) is 0 Å². The van der Waals surface area contributed by atoms with Gasteiger partial charge in [-0.25, -0.2) is 0 Å². The highest BCUT2D eigenvalue weighted by molar-refractivity contribution is 5.71. The van der Waals surface area contributed by atoms with Gasteiger partial charge in [-0.2, -0.15) is 0 Å². The number of ether oxygens (including phenoxy) is 3. The third kappa shape index (κ3) is 61.1. The smallest absolute Gasteiger partial charge is 0.306 e. The van der Waals surface area contributed by atoms with Gasteiger partial charge in [-0.1, -0.05) is 266 Å². The average molecular weight is 1040 g/mol. The molecule has 430 valence electrons. The van der Waals surface area contributed by atoms with E-state index in [1.807, 2.05) is 0 Å². The molecule has 0 heterocycles. The van der Waals surface area contributed by atoms with Crippen LogP contribution in [0, 0.1) is 0 Å². The van der Waals surface area contributed by atoms with Crippen LogP contribution in [0.3, 0.4) is 0 Å². The molecule has 0 N–H and O–H groups in total. The maximum Gasteiger partial charge on any atom is 0.306 e. The van der Waals surface area contributed by atoms with Crippen molar-refractivity contribution in [3.63, 3.8) is 0 Å². The molecule has 75 heavy (non-hydrogen) atoms. The van der Waals surface area contributed by atoms with Crippen molar-refractivity contribution in [2.75, 3.05) is 13.2 Å². The molecule has 0 fully saturated rings. The zero-order valence-corrected chi connectivity index (χ0v) is 49.3. The number of hydrogen-bond donors (Lipinski definition) is 0. The van der Waals surface area contributed by atoms with Gasteiger partial charge in [0.2, 0.25) is 0 Å². The van der Waals surface area contributed by atoms with E-state index in [0.717, 1.165) is 109 Å². The van der Waals surface area contributed by atoms with Crippen molar-refractivity contribution < 1.29 is 28.6 Å². The maximum atomic E-state index is 12.9. The summed E-state index contributed by atoms with van der Waals surface area (Å²) >= 11 is 0. The van der Waals surface area contributed by atoms with Crippen LogP contribution in [-0.2, 0) is 28.6 Å². The molecule has 0 spiro atoms. The van der Waals surface area contributed by atoms with Crippen molar-refractivity contribution in [1.82, 2.24) is 0 Å². The van der Waals surface area contributed by atoms with Gasteiger partial charge in [0.25, 0.3) is 0 Å². The molecule has 0 saturated carbocycles. The fourth-order valence-electron chi connectivity index (χ4n) is 8.86. The highest BCUT2D eigenvalue weighted by atomic mass is 16.6. The summed E-state index contributed by atoms with van der Waals surface area (Å²) in [5.74, 6) is -0.913. The molecular weight excluding hydrogens is 925 g/mol. The van der Waals surface area contributed by atoms with Crippen molar-refractivity contribution in [3.8, 4) is 0 Å². The number of allylic oxidation sites excluding steroid dienone is 16. The highest BCUT2D eigenvalue weighted by Crippen LogP contribution is 2.16. The predicted octanol–water partition coefficient (Wildman–Crippen LogP) is 21.7. The number of esters is 3. The van der Waals surface area contributed by atoms with Crippen LogP contribution in [0.1, 0.15) is 303 Å². The van der Waals surface area contributed by atoms with Crippen LogP contribution < -0.4 is 0 Å². The number of rotatable bonds is 57. The summed E-state index contributed by atoms with van der Waals surface area (Å²) in [5, 5.41) is 0. The Hall–Kier alpha value is -3.67. The molecule has 0 aromatic carbocycles. The lowest BCUT2D eigenvalue weighted by Crippen LogP contribution is -2.30. The second-order valence-corrected chi connectivity index (χ2v) is 20.9. The molecule has 0 rings (SSSR count). The van der Waals surface area contributed by atoms with E-state index in [2.05, 4.69) is 118 Å². The third-order valence-corrected chi connectivity index (χ3v) is 13.6. The second-order valence-electron chi connectivity index (χ2n) is 20.9. The van der Waals surface area contributed by atoms with Crippen molar-refractivity contribution in [2.45, 2.75) is 309 Å². The first kappa shape index (κ1) is 71.3. The number of carbonyl (C=O) groups is 3. The first-order valence-electron chi connectivity index (χ1n) is 31.7. The number of hydrogen-bond acceptors (Lipinski definition) is 6. The Kier molecular flexibility index (Phi) is 59.8. The molecule has 0 bridgehead atoms. The average Bonchev–Trinajstić information content (AvgIpc) is 3.41. The van der Waals surface area contributed by atoms with E-state index in [4.69, 9.17) is 14.2 Å². The van der Waals surface area contributed by atoms with Gasteiger partial charge in [-0.15, -0.1) is 0 Å². The summed E-state index contributed by atoms with van der Waals surface area (Å²) in [7, 11) is 0. The molecule has 1 unspecified atom stereocenters. The molecule has 0 aliphatic rings. The minimum absolute atomic E-state index is 0.0877. The fourth-order valence-corrected chi connectivity index (χ4v) is 8.86. The molecule has 1 atom stereocenters. The second kappa shape index (κ2) is 62.9. The SMILES string of the molecule is CC/C=C\C/C=C\C/C=C\C/C=C\CCCCCCCCCCCCCCC(=O)OCC(COC(=O)CCCCC/C=C\C/C=C\C/C=C\CC)OC(=O)CCCCCCCCCCC/C=C\CCCCCCCC. The molecule has 0 aromatic heterocycles. The van der Waals surface area contributed by atoms with E-state index in [1.165, 1.54) is 154 Å². The van der Waals surface area contributed by atoms with Gasteiger partial charge in [-0.3, -0.25) is 14.4 Å². The lowest BCUT2D eigenvalue weighted by atomic mass is 10.0. The van der Waals surface area contributed by atoms with E-state index < -0.39 is 6.10 Å². The van der Waals surface area contributed by atoms with E-state index in [0.29, 0.717) is 19.3 Å². The van der Waals surface area contributed by atoms with Gasteiger partial charge >= 0.3 is 17.9 Å². The van der Waals surface area contributed by atoms with E-state index in [9.17, 15) is 14.4 Å². The van der Waals surface area contributed by atoms with Crippen LogP contribution >= 0.6 is 0 Å². The monoisotopic (exact) mass is 1040 g/mol. The summed E-state index contributed by atoms with van der Waals surface area (Å²) in [6.07, 6.45) is 84.2. The largest absolute Gasteiger partial charge is 0.462 e. The molecular formula is C69H118O6. The summed E-state index contributed by atoms with van der Waals surface area (Å²) in [6.45, 7) is 6.41. The van der Waals surface area contributed by atoms with Crippen LogP contribution in [0.15, 0.2) is 97.2 Å². The quantitative estimate of drug-likeness (QED) is 0.0261. The van der Waals surface area contributed by atoms with Gasteiger partial charge in [0.1, 0.15) is 13.2 Å². The Morgan fingerprint density at radius 3 is 0.840 bits per heavy atom. The van der Waals surface area contributed by atoms with Crippen molar-refractivity contribution in [3.05, 3.63) is 97.2 Å². The molecule has 0 amide bonds. The Bertz CT molecular complexity index is 1480. The summed E-state index contributed by atoms with van der Waals surface area (Å²) in [6, 6.07) is 0. The zero-order chi connectivity index (χ0) is 54.3. The highest BCUT2D eigenvalue weighted by Gasteiger charge is 2.19. The first-order valence-corrected chi connectivity index (χ1v) is 31.7. The summed E-state index contributed by atoms with van der Waals surface area (Å²) in [5.41, 5.74) is 0. The van der Waals surface area contributed by atoms with Gasteiger partial charge in [0.05, 0.1) is 0 Å². The van der Waals surface area contributed by atoms with Gasteiger partial charge in [0.15, 0.2) is 6.10 Å². The van der Waals surface area contributed by atoms with E-state index >= 15 is 0 Å². The topological polar surface area (TPSA) is 78.9 Å². The Morgan fingerprint density at radius 1 is 0.280 bits per heavy atom. The van der Waals surface area contributed by atoms with Crippen LogP contribution in [0.5, 0.6) is 0 Å². The summed E-state index contributed by atoms with van der Waals surface area (Å²) in [4.78, 5) is 38.3. The lowest BCUT2D eigenvalue weighted by molar-refractivity contribution is -0.167. The van der Waals surface area contributed by atoms with E-state index in [-0.39, 0.29) is 31.1 Å². The van der Waals surface area contributed by atoms with Crippen LogP contribution in [0.4, 0.5) is 0 Å². The number of carbonyl (C=O) groups excluding carboxylic acids is 3. The Labute approximate surface area is 464 Å². The molecule has 6 nitrogen and oxygen atoms in total. The van der Waals surface area contributed by atoms with Crippen LogP contribution in [-0.4, -0.2) is 37.2 Å². The lowest BCUT2D eigenvalue weighted by Gasteiger charge is -2.18. The molecule has 0 aliphatic carbocycles. The molecule has 0 saturated heterocycles. The minimum atomic E-state index is -0.792. The zero-order valence-electron chi connectivity index (χ0n) is 49.3. The van der Waals surface area contributed by atoms with Crippen LogP contribution in [0.25, 0.3) is 0 Å². The number of unbranched alkanes of at least 4 members (excludes halogenated alkanes) is 30. The molecule has 0 radical (unpaired) electrons. The van der Waals surface area contributed by atoms with Crippen molar-refractivity contribution in [2.24, 2.45) is 0 Å². The fraction of sp³-hybridized carbons (Fsp3) is 0.725. The van der Waals surface area contributed by atoms with Gasteiger partial charge in [0, 0.05) is 19.3 Å². The standard InChI is InChI=1S/C69H118O6/c1-4-7-10-13-16-19-22-25-27-29-31-32-33-34-35-36-38-39-41-44-47-50-53-56-59-62-68(71)74-65-66(64-73-67(70)61-58-55-52-49-46-43-24-21-18-15-12-9-6-3)75-69(72)63-60-57-54-51-48-45-42-40-37-30-28-26-23-20-17-14-11-8-5-2/h7,9-10,12,16,18-19,21,25-28,31-32,43,46,66H,4-6,8,11,13-15,17,20,22-24,29-30,33-42,44-45,47-65H2,1-3H3/b10-7-,12-9-,19-16-,21-18-,27-25-,28-26-,32-31-,46-43-. The van der Waals surface area contributed by atoms with Gasteiger partial charge in [-0.05, 0) is 116 Å².